The summed E-state index contributed by atoms with van der Waals surface area (Å²) in [5.74, 6) is -3.62. The molecule has 3 rings (SSSR count). The van der Waals surface area contributed by atoms with Gasteiger partial charge in [-0.3, -0.25) is 9.79 Å². The summed E-state index contributed by atoms with van der Waals surface area (Å²) in [5, 5.41) is 2.40. The monoisotopic (exact) mass is 425 g/mol. The molecular formula is C19H19F4N5O2. The van der Waals surface area contributed by atoms with E-state index in [0.717, 1.165) is 12.3 Å². The molecule has 11 heteroatoms. The maximum absolute atomic E-state index is 14.6. The maximum Gasteiger partial charge on any atom is 0.275 e. The minimum Gasteiger partial charge on any atom is -0.480 e. The van der Waals surface area contributed by atoms with Crippen LogP contribution in [0.4, 0.5) is 23.2 Å². The van der Waals surface area contributed by atoms with Crippen LogP contribution in [0.15, 0.2) is 29.5 Å². The standard InChI is InChI=1S/C19H19F4N5O2/c1-18(3-4-19(23,9-20)17(24)28-18)11-5-10(6-12(21)15(11)22)27-16(29)13-7-26-14(30-2)8-25-13/h5-8H,3-4,9H2,1-2H3,(H2,24,28)(H,27,29)/t18-,19+/m0/s1. The molecule has 0 bridgehead atoms. The summed E-state index contributed by atoms with van der Waals surface area (Å²) in [6.07, 6.45) is 1.90. The van der Waals surface area contributed by atoms with Gasteiger partial charge in [0.25, 0.3) is 5.91 Å². The van der Waals surface area contributed by atoms with Gasteiger partial charge in [-0.2, -0.15) is 0 Å². The second-order valence-corrected chi connectivity index (χ2v) is 7.09. The zero-order valence-corrected chi connectivity index (χ0v) is 16.2. The Morgan fingerprint density at radius 2 is 2.00 bits per heavy atom. The number of carbonyl (C=O) groups excluding carboxylic acids is 1. The largest absolute Gasteiger partial charge is 0.480 e. The highest BCUT2D eigenvalue weighted by atomic mass is 19.2. The van der Waals surface area contributed by atoms with Gasteiger partial charge in [0.1, 0.15) is 18.2 Å². The molecule has 0 fully saturated rings. The molecule has 3 N–H and O–H groups in total. The van der Waals surface area contributed by atoms with Crippen LogP contribution in [0.25, 0.3) is 0 Å². The molecule has 0 saturated heterocycles. The predicted molar refractivity (Wildman–Crippen MR) is 101 cm³/mol. The van der Waals surface area contributed by atoms with E-state index in [0.29, 0.717) is 0 Å². The number of nitrogens with one attached hydrogen (secondary N) is 1. The molecule has 2 heterocycles. The first-order valence-corrected chi connectivity index (χ1v) is 8.89. The third-order valence-corrected chi connectivity index (χ3v) is 4.98. The van der Waals surface area contributed by atoms with Gasteiger partial charge in [0, 0.05) is 17.3 Å². The summed E-state index contributed by atoms with van der Waals surface area (Å²) in [4.78, 5) is 24.0. The summed E-state index contributed by atoms with van der Waals surface area (Å²) in [6, 6.07) is 1.96. The van der Waals surface area contributed by atoms with Crippen LogP contribution in [-0.4, -0.2) is 41.2 Å². The van der Waals surface area contributed by atoms with Gasteiger partial charge in [-0.25, -0.2) is 27.5 Å². The smallest absolute Gasteiger partial charge is 0.275 e. The van der Waals surface area contributed by atoms with E-state index < -0.39 is 41.3 Å². The maximum atomic E-state index is 14.6. The van der Waals surface area contributed by atoms with Gasteiger partial charge in [-0.15, -0.1) is 0 Å². The molecule has 30 heavy (non-hydrogen) atoms. The number of anilines is 1. The molecule has 2 aromatic rings. The molecule has 1 aliphatic heterocycles. The van der Waals surface area contributed by atoms with E-state index in [1.54, 1.807) is 0 Å². The third-order valence-electron chi connectivity index (χ3n) is 4.98. The highest BCUT2D eigenvalue weighted by Gasteiger charge is 2.45. The fraction of sp³-hybridized carbons (Fsp3) is 0.368. The number of aliphatic imine (C=N–C) groups is 1. The van der Waals surface area contributed by atoms with Crippen molar-refractivity contribution in [1.82, 2.24) is 9.97 Å². The zero-order valence-electron chi connectivity index (χ0n) is 16.2. The average molecular weight is 425 g/mol. The minimum absolute atomic E-state index is 0.0795. The van der Waals surface area contributed by atoms with E-state index in [1.807, 2.05) is 0 Å². The summed E-state index contributed by atoms with van der Waals surface area (Å²) in [7, 11) is 1.38. The number of nitrogens with zero attached hydrogens (tertiary/aromatic N) is 3. The van der Waals surface area contributed by atoms with Gasteiger partial charge in [-0.05, 0) is 25.8 Å². The van der Waals surface area contributed by atoms with E-state index in [1.165, 1.54) is 26.3 Å². The van der Waals surface area contributed by atoms with Gasteiger partial charge < -0.3 is 15.8 Å². The first kappa shape index (κ1) is 21.5. The van der Waals surface area contributed by atoms with Crippen LogP contribution in [0.5, 0.6) is 5.88 Å². The van der Waals surface area contributed by atoms with Crippen molar-refractivity contribution in [3.63, 3.8) is 0 Å². The highest BCUT2D eigenvalue weighted by Crippen LogP contribution is 2.41. The molecule has 1 aromatic heterocycles. The number of ether oxygens (including phenoxy) is 1. The van der Waals surface area contributed by atoms with Gasteiger partial charge >= 0.3 is 0 Å². The van der Waals surface area contributed by atoms with Crippen molar-refractivity contribution in [3.05, 3.63) is 47.4 Å². The van der Waals surface area contributed by atoms with Crippen LogP contribution in [0, 0.1) is 11.6 Å². The normalized spacial score (nSPS) is 23.6. The molecule has 1 aliphatic rings. The zero-order chi connectivity index (χ0) is 22.1. The van der Waals surface area contributed by atoms with Crippen molar-refractivity contribution in [2.24, 2.45) is 10.7 Å². The van der Waals surface area contributed by atoms with Crippen molar-refractivity contribution in [2.45, 2.75) is 31.0 Å². The van der Waals surface area contributed by atoms with Crippen molar-refractivity contribution >= 4 is 17.4 Å². The molecule has 0 saturated carbocycles. The fourth-order valence-electron chi connectivity index (χ4n) is 3.11. The van der Waals surface area contributed by atoms with E-state index in [2.05, 4.69) is 20.3 Å². The lowest BCUT2D eigenvalue weighted by Crippen LogP contribution is -2.48. The van der Waals surface area contributed by atoms with Crippen LogP contribution in [0.1, 0.15) is 35.8 Å². The first-order chi connectivity index (χ1) is 14.1. The number of amides is 1. The number of benzene rings is 1. The molecule has 0 spiro atoms. The van der Waals surface area contributed by atoms with Crippen molar-refractivity contribution in [3.8, 4) is 5.88 Å². The van der Waals surface area contributed by atoms with E-state index in [-0.39, 0.29) is 35.7 Å². The van der Waals surface area contributed by atoms with Gasteiger partial charge in [0.05, 0.1) is 25.0 Å². The lowest BCUT2D eigenvalue weighted by Gasteiger charge is -2.36. The van der Waals surface area contributed by atoms with Crippen LogP contribution >= 0.6 is 0 Å². The number of rotatable bonds is 5. The Balaban J connectivity index is 1.93. The topological polar surface area (TPSA) is 102 Å². The Kier molecular flexibility index (Phi) is 5.64. The molecule has 0 aliphatic carbocycles. The first-order valence-electron chi connectivity index (χ1n) is 8.89. The second kappa shape index (κ2) is 7.88. The minimum atomic E-state index is -2.44. The van der Waals surface area contributed by atoms with Crippen LogP contribution in [0.3, 0.4) is 0 Å². The number of hydrogen-bond acceptors (Lipinski definition) is 6. The number of nitrogens with two attached hydrogens (primary N) is 1. The van der Waals surface area contributed by atoms with E-state index in [9.17, 15) is 22.4 Å². The number of hydrogen-bond donors (Lipinski definition) is 2. The van der Waals surface area contributed by atoms with Crippen LogP contribution in [-0.2, 0) is 5.54 Å². The Bertz CT molecular complexity index is 1000. The molecule has 1 amide bonds. The lowest BCUT2D eigenvalue weighted by molar-refractivity contribution is 0.102. The van der Waals surface area contributed by atoms with Crippen molar-refractivity contribution < 1.29 is 27.1 Å². The summed E-state index contributed by atoms with van der Waals surface area (Å²) >= 11 is 0. The molecular weight excluding hydrogens is 406 g/mol. The van der Waals surface area contributed by atoms with E-state index in [4.69, 9.17) is 10.5 Å². The van der Waals surface area contributed by atoms with Crippen molar-refractivity contribution in [2.75, 3.05) is 19.1 Å². The Morgan fingerprint density at radius 1 is 1.27 bits per heavy atom. The molecule has 7 nitrogen and oxygen atoms in total. The second-order valence-electron chi connectivity index (χ2n) is 7.09. The number of amidine groups is 1. The highest BCUT2D eigenvalue weighted by molar-refractivity contribution is 6.02. The Labute approximate surface area is 169 Å². The number of halogens is 4. The molecule has 0 radical (unpaired) electrons. The predicted octanol–water partition coefficient (Wildman–Crippen LogP) is 3.06. The van der Waals surface area contributed by atoms with Crippen LogP contribution < -0.4 is 15.8 Å². The molecule has 2 atom stereocenters. The van der Waals surface area contributed by atoms with Gasteiger partial charge in [0.15, 0.2) is 17.3 Å². The van der Waals surface area contributed by atoms with E-state index >= 15 is 0 Å². The fourth-order valence-corrected chi connectivity index (χ4v) is 3.11. The summed E-state index contributed by atoms with van der Waals surface area (Å²) in [6.45, 7) is 0.0598. The SMILES string of the molecule is COc1cnc(C(=O)Nc2cc(F)c(F)c([C@]3(C)CC[C@@](F)(CF)C(N)=N3)c2)cn1. The molecule has 0 unspecified atom stereocenters. The lowest BCUT2D eigenvalue weighted by atomic mass is 9.80. The summed E-state index contributed by atoms with van der Waals surface area (Å²) in [5.41, 5.74) is 1.27. The van der Waals surface area contributed by atoms with Crippen molar-refractivity contribution in [1.29, 1.82) is 0 Å². The number of carbonyl (C=O) groups is 1. The van der Waals surface area contributed by atoms with Gasteiger partial charge in [-0.1, -0.05) is 0 Å². The number of aromatic nitrogens is 2. The molecule has 160 valence electrons. The average Bonchev–Trinajstić information content (AvgIpc) is 2.73. The summed E-state index contributed by atoms with van der Waals surface area (Å²) < 4.78 is 61.0. The van der Waals surface area contributed by atoms with Gasteiger partial charge in [0.2, 0.25) is 5.88 Å². The quantitative estimate of drug-likeness (QED) is 0.717. The Hall–Kier alpha value is -3.24. The Morgan fingerprint density at radius 3 is 2.57 bits per heavy atom. The van der Waals surface area contributed by atoms with Crippen LogP contribution in [0.2, 0.25) is 0 Å². The number of methoxy groups -OCH3 is 1. The number of alkyl halides is 2. The third kappa shape index (κ3) is 3.91. The molecule has 1 aromatic carbocycles.